The number of sulfonamides is 1. The van der Waals surface area contributed by atoms with Crippen LogP contribution in [0.2, 0.25) is 0 Å². The van der Waals surface area contributed by atoms with Gasteiger partial charge in [-0.1, -0.05) is 17.7 Å². The number of aryl methyl sites for hydroxylation is 4. The largest absolute Gasteiger partial charge is 0.250 e. The average Bonchev–Trinajstić information content (AvgIpc) is 2.73. The molecule has 1 heterocycles. The van der Waals surface area contributed by atoms with Gasteiger partial charge in [0, 0.05) is 11.4 Å². The highest BCUT2D eigenvalue weighted by Crippen LogP contribution is 2.21. The molecule has 0 bridgehead atoms. The van der Waals surface area contributed by atoms with Crippen LogP contribution in [0.4, 0.5) is 0 Å². The fourth-order valence-electron chi connectivity index (χ4n) is 2.53. The van der Waals surface area contributed by atoms with E-state index in [2.05, 4.69) is 9.71 Å². The van der Waals surface area contributed by atoms with E-state index >= 15 is 0 Å². The number of thiazole rings is 1. The molecule has 0 saturated heterocycles. The summed E-state index contributed by atoms with van der Waals surface area (Å²) < 4.78 is 27.6. The molecule has 2 rings (SSSR count). The summed E-state index contributed by atoms with van der Waals surface area (Å²) in [4.78, 5) is 5.69. The van der Waals surface area contributed by atoms with Crippen molar-refractivity contribution in [3.05, 3.63) is 44.9 Å². The Balaban J connectivity index is 2.14. The Morgan fingerprint density at radius 1 is 1.14 bits per heavy atom. The predicted octanol–water partition coefficient (Wildman–Crippen LogP) is 2.90. The lowest BCUT2D eigenvalue weighted by Crippen LogP contribution is -2.27. The monoisotopic (exact) mass is 324 g/mol. The van der Waals surface area contributed by atoms with Gasteiger partial charge in [0.15, 0.2) is 0 Å². The quantitative estimate of drug-likeness (QED) is 0.920. The molecule has 0 radical (unpaired) electrons. The van der Waals surface area contributed by atoms with Gasteiger partial charge >= 0.3 is 0 Å². The van der Waals surface area contributed by atoms with Gasteiger partial charge in [-0.25, -0.2) is 18.1 Å². The lowest BCUT2D eigenvalue weighted by molar-refractivity contribution is 0.580. The summed E-state index contributed by atoms with van der Waals surface area (Å²) in [5, 5.41) is 0. The third-order valence-corrected chi connectivity index (χ3v) is 6.12. The first-order valence-electron chi connectivity index (χ1n) is 6.78. The van der Waals surface area contributed by atoms with Crippen LogP contribution in [0.25, 0.3) is 0 Å². The molecule has 1 aromatic heterocycles. The Labute approximate surface area is 130 Å². The van der Waals surface area contributed by atoms with Gasteiger partial charge in [0.05, 0.1) is 16.1 Å². The molecule has 6 heteroatoms. The molecule has 0 atom stereocenters. The molecule has 0 amide bonds. The van der Waals surface area contributed by atoms with Crippen LogP contribution in [0, 0.1) is 27.7 Å². The lowest BCUT2D eigenvalue weighted by Gasteiger charge is -2.13. The predicted molar refractivity (Wildman–Crippen MR) is 86.4 cm³/mol. The topological polar surface area (TPSA) is 59.1 Å². The highest BCUT2D eigenvalue weighted by molar-refractivity contribution is 7.89. The standard InChI is InChI=1S/C15H20N2O2S2/c1-10-7-11(2)15(12(3)8-10)21(18,19)17-6-5-14-13(4)16-9-20-14/h7-9,17H,5-6H2,1-4H3. The van der Waals surface area contributed by atoms with E-state index in [0.717, 1.165) is 27.3 Å². The molecular weight excluding hydrogens is 304 g/mol. The third kappa shape index (κ3) is 3.70. The van der Waals surface area contributed by atoms with Crippen LogP contribution in [0.1, 0.15) is 27.3 Å². The number of hydrogen-bond acceptors (Lipinski definition) is 4. The van der Waals surface area contributed by atoms with E-state index in [0.29, 0.717) is 17.9 Å². The molecule has 0 aliphatic rings. The van der Waals surface area contributed by atoms with Gasteiger partial charge < -0.3 is 0 Å². The summed E-state index contributed by atoms with van der Waals surface area (Å²) in [7, 11) is -3.47. The summed E-state index contributed by atoms with van der Waals surface area (Å²) in [6.07, 6.45) is 0.666. The average molecular weight is 324 g/mol. The lowest BCUT2D eigenvalue weighted by atomic mass is 10.1. The zero-order valence-corrected chi connectivity index (χ0v) is 14.4. The van der Waals surface area contributed by atoms with Crippen LogP contribution in [-0.2, 0) is 16.4 Å². The smallest absolute Gasteiger partial charge is 0.241 e. The second kappa shape index (κ2) is 6.25. The van der Waals surface area contributed by atoms with Gasteiger partial charge in [0.25, 0.3) is 0 Å². The van der Waals surface area contributed by atoms with Gasteiger partial charge in [-0.2, -0.15) is 0 Å². The zero-order chi connectivity index (χ0) is 15.6. The Kier molecular flexibility index (Phi) is 4.81. The Hall–Kier alpha value is -1.24. The Morgan fingerprint density at radius 3 is 2.29 bits per heavy atom. The second-order valence-corrected chi connectivity index (χ2v) is 7.88. The van der Waals surface area contributed by atoms with E-state index in [4.69, 9.17) is 0 Å². The van der Waals surface area contributed by atoms with E-state index in [9.17, 15) is 8.42 Å². The first-order chi connectivity index (χ1) is 9.81. The number of benzene rings is 1. The molecule has 0 aliphatic heterocycles. The molecule has 1 N–H and O–H groups in total. The van der Waals surface area contributed by atoms with Gasteiger partial charge in [-0.15, -0.1) is 11.3 Å². The van der Waals surface area contributed by atoms with Gasteiger partial charge in [-0.05, 0) is 45.2 Å². The van der Waals surface area contributed by atoms with Crippen LogP contribution in [0.5, 0.6) is 0 Å². The van der Waals surface area contributed by atoms with Crippen molar-refractivity contribution in [3.63, 3.8) is 0 Å². The minimum Gasteiger partial charge on any atom is -0.250 e. The van der Waals surface area contributed by atoms with E-state index in [1.165, 1.54) is 0 Å². The SMILES string of the molecule is Cc1cc(C)c(S(=O)(=O)NCCc2scnc2C)c(C)c1. The molecule has 114 valence electrons. The fourth-order valence-corrected chi connectivity index (χ4v) is 4.79. The molecule has 0 fully saturated rings. The van der Waals surface area contributed by atoms with E-state index in [1.807, 2.05) is 39.8 Å². The molecule has 1 aromatic carbocycles. The minimum absolute atomic E-state index is 0.387. The molecular formula is C15H20N2O2S2. The summed E-state index contributed by atoms with van der Waals surface area (Å²) in [6.45, 7) is 7.97. The van der Waals surface area contributed by atoms with E-state index in [-0.39, 0.29) is 0 Å². The van der Waals surface area contributed by atoms with Crippen molar-refractivity contribution in [2.24, 2.45) is 0 Å². The van der Waals surface area contributed by atoms with Crippen LogP contribution < -0.4 is 4.72 Å². The molecule has 0 spiro atoms. The number of aromatic nitrogens is 1. The number of hydrogen-bond donors (Lipinski definition) is 1. The maximum absolute atomic E-state index is 12.5. The van der Waals surface area contributed by atoms with Crippen molar-refractivity contribution in [1.29, 1.82) is 0 Å². The molecule has 0 aliphatic carbocycles. The molecule has 0 saturated carbocycles. The maximum atomic E-state index is 12.5. The molecule has 2 aromatic rings. The van der Waals surface area contributed by atoms with Gasteiger partial charge in [0.1, 0.15) is 0 Å². The van der Waals surface area contributed by atoms with Crippen LogP contribution >= 0.6 is 11.3 Å². The van der Waals surface area contributed by atoms with Crippen molar-refractivity contribution in [1.82, 2.24) is 9.71 Å². The van der Waals surface area contributed by atoms with Crippen molar-refractivity contribution in [2.45, 2.75) is 39.0 Å². The fraction of sp³-hybridized carbons (Fsp3) is 0.400. The maximum Gasteiger partial charge on any atom is 0.241 e. The van der Waals surface area contributed by atoms with E-state index < -0.39 is 10.0 Å². The normalized spacial score (nSPS) is 11.8. The highest BCUT2D eigenvalue weighted by atomic mass is 32.2. The molecule has 0 unspecified atom stereocenters. The summed E-state index contributed by atoms with van der Waals surface area (Å²) >= 11 is 1.56. The van der Waals surface area contributed by atoms with Crippen molar-refractivity contribution >= 4 is 21.4 Å². The van der Waals surface area contributed by atoms with Crippen molar-refractivity contribution < 1.29 is 8.42 Å². The highest BCUT2D eigenvalue weighted by Gasteiger charge is 2.19. The summed E-state index contributed by atoms with van der Waals surface area (Å²) in [5.41, 5.74) is 5.40. The van der Waals surface area contributed by atoms with Gasteiger partial charge in [-0.3, -0.25) is 0 Å². The van der Waals surface area contributed by atoms with Crippen LogP contribution in [-0.4, -0.2) is 19.9 Å². The van der Waals surface area contributed by atoms with Crippen molar-refractivity contribution in [2.75, 3.05) is 6.54 Å². The summed E-state index contributed by atoms with van der Waals surface area (Å²) in [6, 6.07) is 3.80. The zero-order valence-electron chi connectivity index (χ0n) is 12.7. The van der Waals surface area contributed by atoms with Crippen LogP contribution in [0.3, 0.4) is 0 Å². The first kappa shape index (κ1) is 16.1. The molecule has 4 nitrogen and oxygen atoms in total. The minimum atomic E-state index is -3.47. The van der Waals surface area contributed by atoms with Gasteiger partial charge in [0.2, 0.25) is 10.0 Å². The third-order valence-electron chi connectivity index (χ3n) is 3.36. The van der Waals surface area contributed by atoms with Crippen LogP contribution in [0.15, 0.2) is 22.5 Å². The Morgan fingerprint density at radius 2 is 1.76 bits per heavy atom. The number of nitrogens with one attached hydrogen (secondary N) is 1. The first-order valence-corrected chi connectivity index (χ1v) is 9.14. The second-order valence-electron chi connectivity index (χ2n) is 5.24. The Bertz CT molecular complexity index is 726. The number of rotatable bonds is 5. The number of nitrogens with zero attached hydrogens (tertiary/aromatic N) is 1. The van der Waals surface area contributed by atoms with E-state index in [1.54, 1.807) is 16.8 Å². The summed E-state index contributed by atoms with van der Waals surface area (Å²) in [5.74, 6) is 0. The van der Waals surface area contributed by atoms with Crippen molar-refractivity contribution in [3.8, 4) is 0 Å². The molecule has 21 heavy (non-hydrogen) atoms.